The van der Waals surface area contributed by atoms with Gasteiger partial charge in [0.25, 0.3) is 15.7 Å². The average Bonchev–Trinajstić information content (AvgIpc) is 2.96. The lowest BCUT2D eigenvalue weighted by atomic mass is 10.1. The normalized spacial score (nSPS) is 12.3. The maximum Gasteiger partial charge on any atom is 0.273 e. The molecule has 11 nitrogen and oxygen atoms in total. The predicted molar refractivity (Wildman–Crippen MR) is 174 cm³/mol. The monoisotopic (exact) mass is 678 g/mol. The third kappa shape index (κ3) is 8.86. The molecule has 0 saturated heterocycles. The summed E-state index contributed by atoms with van der Waals surface area (Å²) in [6.45, 7) is 7.85. The second-order valence-corrected chi connectivity index (χ2v) is 14.0. The Morgan fingerprint density at radius 2 is 1.67 bits per heavy atom. The van der Waals surface area contributed by atoms with Crippen LogP contribution in [0.3, 0.4) is 0 Å². The second-order valence-electron chi connectivity index (χ2n) is 11.3. The number of carbonyl (C=O) groups excluding carboxylic acids is 2. The Bertz CT molecular complexity index is 1680. The van der Waals surface area contributed by atoms with Crippen molar-refractivity contribution in [2.75, 3.05) is 18.0 Å². The molecule has 1 atom stereocenters. The molecule has 0 aliphatic carbocycles. The van der Waals surface area contributed by atoms with Crippen molar-refractivity contribution in [1.82, 2.24) is 10.2 Å². The molecule has 0 spiro atoms. The number of carbonyl (C=O) groups is 2. The van der Waals surface area contributed by atoms with Gasteiger partial charge in [-0.1, -0.05) is 42.3 Å². The molecule has 0 unspecified atom stereocenters. The highest BCUT2D eigenvalue weighted by atomic mass is 35.5. The van der Waals surface area contributed by atoms with Gasteiger partial charge in [0.2, 0.25) is 11.8 Å². The Morgan fingerprint density at radius 3 is 2.20 bits per heavy atom. The molecule has 0 fully saturated rings. The number of rotatable bonds is 12. The van der Waals surface area contributed by atoms with Crippen molar-refractivity contribution < 1.29 is 27.7 Å². The Kier molecular flexibility index (Phi) is 11.5. The zero-order valence-corrected chi connectivity index (χ0v) is 28.2. The van der Waals surface area contributed by atoms with Gasteiger partial charge in [0, 0.05) is 23.7 Å². The van der Waals surface area contributed by atoms with E-state index in [1.165, 1.54) is 55.3 Å². The first kappa shape index (κ1) is 35.6. The van der Waals surface area contributed by atoms with E-state index >= 15 is 0 Å². The van der Waals surface area contributed by atoms with Crippen molar-refractivity contribution in [2.24, 2.45) is 0 Å². The molecule has 2 amide bonds. The number of ether oxygens (including phenoxy) is 1. The van der Waals surface area contributed by atoms with Crippen LogP contribution >= 0.6 is 23.2 Å². The average molecular weight is 680 g/mol. The number of nitrogens with one attached hydrogen (secondary N) is 1. The van der Waals surface area contributed by atoms with Crippen molar-refractivity contribution >= 4 is 56.4 Å². The van der Waals surface area contributed by atoms with E-state index in [0.717, 1.165) is 10.4 Å². The fourth-order valence-electron chi connectivity index (χ4n) is 4.56. The summed E-state index contributed by atoms with van der Waals surface area (Å²) in [5.41, 5.74) is -0.0546. The standard InChI is InChI=1S/C31H36Cl2N4O7S/c1-7-27(30(39)34-31(3,4)5)35(18-21-9-15-25(32)26(33)16-21)29(38)19-36(22-10-12-23(44-6)13-11-22)45(42,43)24-14-8-20(2)28(17-24)37(40)41/h8-17,27H,7,18-19H2,1-6H3,(H,34,39)/t27-/m0/s1. The van der Waals surface area contributed by atoms with Crippen LogP contribution in [-0.4, -0.2) is 55.3 Å². The van der Waals surface area contributed by atoms with Crippen molar-refractivity contribution in [3.63, 3.8) is 0 Å². The quantitative estimate of drug-likeness (QED) is 0.179. The highest BCUT2D eigenvalue weighted by Crippen LogP contribution is 2.30. The van der Waals surface area contributed by atoms with Crippen LogP contribution in [0.15, 0.2) is 65.6 Å². The largest absolute Gasteiger partial charge is 0.497 e. The van der Waals surface area contributed by atoms with Crippen LogP contribution in [0.1, 0.15) is 45.2 Å². The first-order chi connectivity index (χ1) is 21.0. The molecule has 45 heavy (non-hydrogen) atoms. The molecule has 0 heterocycles. The van der Waals surface area contributed by atoms with Crippen LogP contribution in [-0.2, 0) is 26.2 Å². The summed E-state index contributed by atoms with van der Waals surface area (Å²) in [5.74, 6) is -0.677. The van der Waals surface area contributed by atoms with Gasteiger partial charge in [0.1, 0.15) is 18.3 Å². The van der Waals surface area contributed by atoms with E-state index in [-0.39, 0.29) is 39.8 Å². The van der Waals surface area contributed by atoms with Crippen LogP contribution < -0.4 is 14.4 Å². The molecule has 3 aromatic carbocycles. The molecule has 0 aliphatic heterocycles. The molecule has 14 heteroatoms. The van der Waals surface area contributed by atoms with Crippen LogP contribution in [0.25, 0.3) is 0 Å². The summed E-state index contributed by atoms with van der Waals surface area (Å²) >= 11 is 12.3. The van der Waals surface area contributed by atoms with E-state index in [1.54, 1.807) is 25.1 Å². The van der Waals surface area contributed by atoms with Gasteiger partial charge >= 0.3 is 0 Å². The van der Waals surface area contributed by atoms with Crippen LogP contribution in [0, 0.1) is 17.0 Å². The smallest absolute Gasteiger partial charge is 0.273 e. The Balaban J connectivity index is 2.15. The molecule has 0 radical (unpaired) electrons. The van der Waals surface area contributed by atoms with Gasteiger partial charge in [0.15, 0.2) is 0 Å². The highest BCUT2D eigenvalue weighted by Gasteiger charge is 2.35. The summed E-state index contributed by atoms with van der Waals surface area (Å²) in [6.07, 6.45) is 0.217. The molecular weight excluding hydrogens is 643 g/mol. The van der Waals surface area contributed by atoms with Gasteiger partial charge in [-0.25, -0.2) is 8.42 Å². The zero-order chi connectivity index (χ0) is 33.7. The number of amides is 2. The summed E-state index contributed by atoms with van der Waals surface area (Å²) in [4.78, 5) is 39.6. The molecular formula is C31H36Cl2N4O7S. The van der Waals surface area contributed by atoms with Crippen molar-refractivity contribution in [2.45, 2.75) is 64.1 Å². The highest BCUT2D eigenvalue weighted by molar-refractivity contribution is 7.92. The predicted octanol–water partition coefficient (Wildman–Crippen LogP) is 6.14. The first-order valence-corrected chi connectivity index (χ1v) is 16.1. The number of nitro benzene ring substituents is 1. The zero-order valence-electron chi connectivity index (χ0n) is 25.8. The molecule has 1 N–H and O–H groups in total. The number of anilines is 1. The fourth-order valence-corrected chi connectivity index (χ4v) is 6.31. The van der Waals surface area contributed by atoms with E-state index in [0.29, 0.717) is 16.3 Å². The fraction of sp³-hybridized carbons (Fsp3) is 0.355. The number of hydrogen-bond donors (Lipinski definition) is 1. The summed E-state index contributed by atoms with van der Waals surface area (Å²) in [5, 5.41) is 15.1. The molecule has 242 valence electrons. The van der Waals surface area contributed by atoms with Gasteiger partial charge in [-0.05, 0) is 82.1 Å². The van der Waals surface area contributed by atoms with Crippen molar-refractivity contribution in [3.05, 3.63) is 92.0 Å². The van der Waals surface area contributed by atoms with E-state index in [4.69, 9.17) is 27.9 Å². The van der Waals surface area contributed by atoms with Gasteiger partial charge < -0.3 is 15.0 Å². The molecule has 0 bridgehead atoms. The lowest BCUT2D eigenvalue weighted by Gasteiger charge is -2.34. The number of nitro groups is 1. The number of halogens is 2. The van der Waals surface area contributed by atoms with E-state index < -0.39 is 44.9 Å². The molecule has 0 aromatic heterocycles. The van der Waals surface area contributed by atoms with Gasteiger partial charge in [-0.3, -0.25) is 24.0 Å². The summed E-state index contributed by atoms with van der Waals surface area (Å²) in [7, 11) is -3.09. The Morgan fingerprint density at radius 1 is 1.02 bits per heavy atom. The topological polar surface area (TPSA) is 139 Å². The minimum absolute atomic E-state index is 0.0850. The number of methoxy groups -OCH3 is 1. The Hall–Kier alpha value is -3.87. The molecule has 3 rings (SSSR count). The summed E-state index contributed by atoms with van der Waals surface area (Å²) in [6, 6.07) is 13.3. The van der Waals surface area contributed by atoms with Crippen LogP contribution in [0.4, 0.5) is 11.4 Å². The van der Waals surface area contributed by atoms with Gasteiger partial charge in [-0.2, -0.15) is 0 Å². The molecule has 0 saturated carbocycles. The molecule has 3 aromatic rings. The summed E-state index contributed by atoms with van der Waals surface area (Å²) < 4.78 is 34.3. The third-order valence-electron chi connectivity index (χ3n) is 6.83. The number of benzene rings is 3. The van der Waals surface area contributed by atoms with Crippen molar-refractivity contribution in [1.29, 1.82) is 0 Å². The number of nitrogens with zero attached hydrogens (tertiary/aromatic N) is 3. The van der Waals surface area contributed by atoms with E-state index in [9.17, 15) is 28.1 Å². The van der Waals surface area contributed by atoms with E-state index in [2.05, 4.69) is 5.32 Å². The molecule has 0 aliphatic rings. The van der Waals surface area contributed by atoms with Crippen LogP contribution in [0.5, 0.6) is 5.75 Å². The maximum atomic E-state index is 14.2. The minimum Gasteiger partial charge on any atom is -0.497 e. The first-order valence-electron chi connectivity index (χ1n) is 14.0. The maximum absolute atomic E-state index is 14.2. The van der Waals surface area contributed by atoms with Gasteiger partial charge in [0.05, 0.1) is 32.7 Å². The Labute approximate surface area is 273 Å². The van der Waals surface area contributed by atoms with Crippen molar-refractivity contribution in [3.8, 4) is 5.75 Å². The lowest BCUT2D eigenvalue weighted by Crippen LogP contribution is -2.55. The van der Waals surface area contributed by atoms with Crippen LogP contribution in [0.2, 0.25) is 10.0 Å². The number of sulfonamides is 1. The minimum atomic E-state index is -4.54. The van der Waals surface area contributed by atoms with E-state index in [1.807, 2.05) is 20.8 Å². The number of aryl methyl sites for hydroxylation is 1. The number of hydrogen-bond acceptors (Lipinski definition) is 7. The SMILES string of the molecule is CC[C@@H](C(=O)NC(C)(C)C)N(Cc1ccc(Cl)c(Cl)c1)C(=O)CN(c1ccc(OC)cc1)S(=O)(=O)c1ccc(C)c([N+](=O)[O-])c1. The van der Waals surface area contributed by atoms with Gasteiger partial charge in [-0.15, -0.1) is 0 Å². The lowest BCUT2D eigenvalue weighted by molar-refractivity contribution is -0.385. The second kappa shape index (κ2) is 14.5. The third-order valence-corrected chi connectivity index (χ3v) is 9.33.